The van der Waals surface area contributed by atoms with E-state index < -0.39 is 6.34 Å². The van der Waals surface area contributed by atoms with E-state index in [0.717, 1.165) is 18.4 Å². The fourth-order valence-corrected chi connectivity index (χ4v) is 5.01. The highest BCUT2D eigenvalue weighted by Crippen LogP contribution is 2.62. The van der Waals surface area contributed by atoms with E-state index in [9.17, 15) is 4.79 Å². The van der Waals surface area contributed by atoms with Gasteiger partial charge in [0.25, 0.3) is 0 Å². The van der Waals surface area contributed by atoms with Crippen LogP contribution in [-0.2, 0) is 21.3 Å². The highest BCUT2D eigenvalue weighted by atomic mass is 32.4. The van der Waals surface area contributed by atoms with Crippen molar-refractivity contribution in [1.29, 1.82) is 0 Å². The maximum absolute atomic E-state index is 11.4. The van der Waals surface area contributed by atoms with E-state index in [0.29, 0.717) is 6.61 Å². The zero-order chi connectivity index (χ0) is 12.3. The van der Waals surface area contributed by atoms with Crippen LogP contribution in [0.15, 0.2) is 11.9 Å². The summed E-state index contributed by atoms with van der Waals surface area (Å²) in [6.45, 7) is 8.07. The second-order valence-electron chi connectivity index (χ2n) is 3.85. The summed E-state index contributed by atoms with van der Waals surface area (Å²) in [6.07, 6.45) is -1.68. The number of carbonyl (C=O) groups is 1. The van der Waals surface area contributed by atoms with Gasteiger partial charge in [0.05, 0.1) is 13.0 Å². The zero-order valence-corrected chi connectivity index (χ0v) is 11.8. The van der Waals surface area contributed by atoms with Crippen LogP contribution in [0.25, 0.3) is 0 Å². The van der Waals surface area contributed by atoms with Crippen LogP contribution in [0, 0.1) is 0 Å². The fourth-order valence-electron chi connectivity index (χ4n) is 1.79. The van der Waals surface area contributed by atoms with Gasteiger partial charge in [-0.05, 0) is 26.3 Å². The lowest BCUT2D eigenvalue weighted by Gasteiger charge is -2.31. The van der Waals surface area contributed by atoms with Gasteiger partial charge in [-0.25, -0.2) is 0 Å². The quantitative estimate of drug-likeness (QED) is 0.568. The third-order valence-corrected chi connectivity index (χ3v) is 8.42. The molecule has 6 heteroatoms. The smallest absolute Gasteiger partial charge is 0.310 e. The lowest BCUT2D eigenvalue weighted by atomic mass is 10.4. The molecule has 0 aromatic heterocycles. The molecule has 1 aliphatic rings. The summed E-state index contributed by atoms with van der Waals surface area (Å²) in [5, 5.41) is 0.823. The maximum Gasteiger partial charge on any atom is 0.310 e. The molecule has 4 nitrogen and oxygen atoms in total. The van der Waals surface area contributed by atoms with Crippen molar-refractivity contribution in [1.82, 2.24) is 9.34 Å². The summed E-state index contributed by atoms with van der Waals surface area (Å²) in [7, 11) is 4.00. The van der Waals surface area contributed by atoms with Gasteiger partial charge in [-0.2, -0.15) is 0 Å². The van der Waals surface area contributed by atoms with E-state index in [2.05, 4.69) is 15.9 Å². The minimum absolute atomic E-state index is 0.231. The van der Waals surface area contributed by atoms with Gasteiger partial charge in [0.2, 0.25) is 0 Å². The molecule has 1 heterocycles. The molecular weight excluding hydrogens is 243 g/mol. The van der Waals surface area contributed by atoms with Crippen LogP contribution in [0.5, 0.6) is 0 Å². The summed E-state index contributed by atoms with van der Waals surface area (Å²) in [5.74, 6) is -0.231. The lowest BCUT2D eigenvalue weighted by Crippen LogP contribution is -2.16. The molecule has 0 N–H and O–H groups in total. The van der Waals surface area contributed by atoms with Crippen molar-refractivity contribution < 1.29 is 9.53 Å². The van der Waals surface area contributed by atoms with E-state index >= 15 is 0 Å². The normalized spacial score (nSPS) is 20.9. The number of hydrogen-bond acceptors (Lipinski definition) is 3. The van der Waals surface area contributed by atoms with Gasteiger partial charge in [0.1, 0.15) is 6.34 Å². The Balaban J connectivity index is 2.73. The number of nitrogens with zero attached hydrogens (tertiary/aromatic N) is 2. The first-order chi connectivity index (χ1) is 7.42. The number of ether oxygens (including phenoxy) is 1. The Bertz CT molecular complexity index is 332. The molecule has 0 atom stereocenters. The Labute approximate surface area is 102 Å². The van der Waals surface area contributed by atoms with Gasteiger partial charge in [-0.1, -0.05) is 18.4 Å². The summed E-state index contributed by atoms with van der Waals surface area (Å²) in [5.41, 5.74) is 0. The third-order valence-electron chi connectivity index (χ3n) is 2.74. The summed E-state index contributed by atoms with van der Waals surface area (Å²) >= 11 is 5.69. The van der Waals surface area contributed by atoms with E-state index in [-0.39, 0.29) is 12.4 Å². The minimum atomic E-state index is -1.92. The monoisotopic (exact) mass is 262 g/mol. The standard InChI is InChI=1S/C10H19N2O2PS/c1-5-14-10(13)8-9(2)15(16)11(3)6-7-12(15)4/h2,5-8H2,1,3-4H3. The number of carbonyl (C=O) groups excluding carboxylic acids is 1. The van der Waals surface area contributed by atoms with Crippen LogP contribution in [0.4, 0.5) is 0 Å². The Morgan fingerprint density at radius 2 is 1.94 bits per heavy atom. The van der Waals surface area contributed by atoms with Crippen LogP contribution < -0.4 is 0 Å². The molecule has 0 bridgehead atoms. The second kappa shape index (κ2) is 5.41. The molecule has 0 spiro atoms. The average Bonchev–Trinajstić information content (AvgIpc) is 2.47. The number of hydrogen-bond donors (Lipinski definition) is 0. The van der Waals surface area contributed by atoms with Gasteiger partial charge < -0.3 is 4.74 Å². The first-order valence-electron chi connectivity index (χ1n) is 5.30. The molecule has 0 aromatic carbocycles. The van der Waals surface area contributed by atoms with Gasteiger partial charge >= 0.3 is 5.97 Å². The van der Waals surface area contributed by atoms with Crippen molar-refractivity contribution in [2.24, 2.45) is 0 Å². The molecule has 1 fully saturated rings. The first kappa shape index (κ1) is 13.8. The summed E-state index contributed by atoms with van der Waals surface area (Å²) in [4.78, 5) is 11.4. The Morgan fingerprint density at radius 1 is 1.44 bits per heavy atom. The molecular formula is C10H19N2O2PS. The van der Waals surface area contributed by atoms with Crippen LogP contribution in [0.1, 0.15) is 13.3 Å². The molecule has 0 aliphatic carbocycles. The predicted molar refractivity (Wildman–Crippen MR) is 69.9 cm³/mol. The molecule has 0 saturated carbocycles. The average molecular weight is 262 g/mol. The molecule has 16 heavy (non-hydrogen) atoms. The summed E-state index contributed by atoms with van der Waals surface area (Å²) in [6, 6.07) is 0. The van der Waals surface area contributed by atoms with E-state index in [1.807, 2.05) is 14.1 Å². The Kier molecular flexibility index (Phi) is 4.68. The Morgan fingerprint density at radius 3 is 2.38 bits per heavy atom. The summed E-state index contributed by atoms with van der Waals surface area (Å²) < 4.78 is 9.21. The molecule has 1 rings (SSSR count). The van der Waals surface area contributed by atoms with Crippen molar-refractivity contribution in [2.45, 2.75) is 13.3 Å². The van der Waals surface area contributed by atoms with Gasteiger partial charge in [-0.3, -0.25) is 14.1 Å². The predicted octanol–water partition coefficient (Wildman–Crippen LogP) is 1.64. The molecule has 0 unspecified atom stereocenters. The van der Waals surface area contributed by atoms with Crippen molar-refractivity contribution in [3.05, 3.63) is 11.9 Å². The molecule has 1 aliphatic heterocycles. The van der Waals surface area contributed by atoms with Crippen LogP contribution in [0.3, 0.4) is 0 Å². The van der Waals surface area contributed by atoms with Crippen LogP contribution in [0.2, 0.25) is 0 Å². The Hall–Kier alpha value is -0.220. The first-order valence-corrected chi connectivity index (χ1v) is 8.01. The van der Waals surface area contributed by atoms with Crippen LogP contribution >= 0.6 is 6.34 Å². The minimum Gasteiger partial charge on any atom is -0.466 e. The van der Waals surface area contributed by atoms with Crippen molar-refractivity contribution in [2.75, 3.05) is 33.8 Å². The maximum atomic E-state index is 11.4. The zero-order valence-electron chi connectivity index (χ0n) is 10.1. The topological polar surface area (TPSA) is 32.8 Å². The number of likely N-dealkylation sites (N-methyl/N-ethyl adjacent to an activating group) is 2. The van der Waals surface area contributed by atoms with Gasteiger partial charge in [0.15, 0.2) is 0 Å². The van der Waals surface area contributed by atoms with Crippen molar-refractivity contribution in [3.63, 3.8) is 0 Å². The van der Waals surface area contributed by atoms with E-state index in [4.69, 9.17) is 16.5 Å². The molecule has 92 valence electrons. The number of rotatable bonds is 4. The highest BCUT2D eigenvalue weighted by Gasteiger charge is 2.36. The molecule has 1 saturated heterocycles. The fraction of sp³-hybridized carbons (Fsp3) is 0.700. The van der Waals surface area contributed by atoms with E-state index in [1.165, 1.54) is 0 Å². The van der Waals surface area contributed by atoms with Crippen molar-refractivity contribution in [3.8, 4) is 0 Å². The molecule has 0 aromatic rings. The van der Waals surface area contributed by atoms with Gasteiger partial charge in [0, 0.05) is 13.1 Å². The lowest BCUT2D eigenvalue weighted by molar-refractivity contribution is -0.142. The second-order valence-corrected chi connectivity index (χ2v) is 8.47. The number of esters is 1. The van der Waals surface area contributed by atoms with Crippen LogP contribution in [-0.4, -0.2) is 49.1 Å². The van der Waals surface area contributed by atoms with Crippen molar-refractivity contribution >= 4 is 24.1 Å². The third kappa shape index (κ3) is 2.54. The van der Waals surface area contributed by atoms with E-state index in [1.54, 1.807) is 6.92 Å². The highest BCUT2D eigenvalue weighted by molar-refractivity contribution is 8.14. The SMILES string of the molecule is C=C(CC(=O)OCC)P1(=S)N(C)CCN1C. The van der Waals surface area contributed by atoms with Gasteiger partial charge in [-0.15, -0.1) is 0 Å². The molecule has 0 radical (unpaired) electrons. The molecule has 0 amide bonds. The largest absolute Gasteiger partial charge is 0.466 e.